The minimum atomic E-state index is -0.293. The number of carbonyl (C=O) groups excluding carboxylic acids is 2. The van der Waals surface area contributed by atoms with Crippen LogP contribution < -0.4 is 20.3 Å². The quantitative estimate of drug-likeness (QED) is 0.374. The van der Waals surface area contributed by atoms with Crippen molar-refractivity contribution in [1.82, 2.24) is 15.6 Å². The van der Waals surface area contributed by atoms with Gasteiger partial charge in [0.1, 0.15) is 17.4 Å². The van der Waals surface area contributed by atoms with Gasteiger partial charge in [-0.05, 0) is 81.0 Å². The molecule has 2 unspecified atom stereocenters. The number of methoxy groups -OCH3 is 1. The Balaban J connectivity index is 1.16. The van der Waals surface area contributed by atoms with Crippen LogP contribution in [0.2, 0.25) is 0 Å². The van der Waals surface area contributed by atoms with Crippen molar-refractivity contribution >= 4 is 33.6 Å². The van der Waals surface area contributed by atoms with Crippen LogP contribution in [0.15, 0.2) is 59.2 Å². The number of halogens is 2. The molecule has 2 saturated heterocycles. The van der Waals surface area contributed by atoms with E-state index in [0.29, 0.717) is 39.9 Å². The summed E-state index contributed by atoms with van der Waals surface area (Å²) in [5.74, 6) is 0.964. The number of anilines is 1. The van der Waals surface area contributed by atoms with E-state index in [4.69, 9.17) is 4.74 Å². The minimum Gasteiger partial charge on any atom is -0.496 e. The van der Waals surface area contributed by atoms with E-state index in [1.807, 2.05) is 31.2 Å². The molecule has 3 heterocycles. The number of nitrogens with zero attached hydrogens (tertiary/aromatic N) is 2. The summed E-state index contributed by atoms with van der Waals surface area (Å²) >= 11 is 3.25. The normalized spacial score (nSPS) is 20.0. The molecule has 2 aromatic carbocycles. The molecule has 7 nitrogen and oxygen atoms in total. The fraction of sp³-hybridized carbons (Fsp3) is 0.367. The van der Waals surface area contributed by atoms with Gasteiger partial charge in [-0.3, -0.25) is 9.59 Å². The Labute approximate surface area is 236 Å². The highest BCUT2D eigenvalue weighted by molar-refractivity contribution is 9.10. The Morgan fingerprint density at radius 1 is 1.10 bits per heavy atom. The molecule has 0 aliphatic carbocycles. The lowest BCUT2D eigenvalue weighted by molar-refractivity contribution is 0.0924. The molecule has 39 heavy (non-hydrogen) atoms. The molecule has 1 aromatic heterocycles. The molecule has 2 aliphatic rings. The molecule has 0 saturated carbocycles. The molecule has 2 aliphatic heterocycles. The smallest absolute Gasteiger partial charge is 0.252 e. The number of aromatic nitrogens is 1. The average molecular weight is 596 g/mol. The van der Waals surface area contributed by atoms with Gasteiger partial charge < -0.3 is 20.3 Å². The zero-order valence-electron chi connectivity index (χ0n) is 22.0. The van der Waals surface area contributed by atoms with E-state index < -0.39 is 0 Å². The molecule has 5 rings (SSSR count). The van der Waals surface area contributed by atoms with Gasteiger partial charge in [-0.25, -0.2) is 9.37 Å². The second kappa shape index (κ2) is 11.7. The number of carbonyl (C=O) groups is 2. The van der Waals surface area contributed by atoms with E-state index in [-0.39, 0.29) is 35.8 Å². The number of piperidine rings is 1. The van der Waals surface area contributed by atoms with Gasteiger partial charge in [0, 0.05) is 46.5 Å². The molecular formula is C30H32BrFN4O3. The molecular weight excluding hydrogens is 563 g/mol. The predicted octanol–water partition coefficient (Wildman–Crippen LogP) is 5.20. The highest BCUT2D eigenvalue weighted by Gasteiger charge is 2.42. The summed E-state index contributed by atoms with van der Waals surface area (Å²) < 4.78 is 20.1. The largest absolute Gasteiger partial charge is 0.496 e. The van der Waals surface area contributed by atoms with Crippen LogP contribution in [0.3, 0.4) is 0 Å². The number of benzene rings is 2. The molecule has 3 aromatic rings. The van der Waals surface area contributed by atoms with Gasteiger partial charge in [0.25, 0.3) is 11.8 Å². The van der Waals surface area contributed by atoms with Crippen molar-refractivity contribution in [3.63, 3.8) is 0 Å². The maximum absolute atomic E-state index is 14.0. The van der Waals surface area contributed by atoms with Crippen LogP contribution in [0.1, 0.15) is 57.5 Å². The van der Waals surface area contributed by atoms with Crippen molar-refractivity contribution < 1.29 is 18.7 Å². The molecule has 0 radical (unpaired) electrons. The molecule has 2 atom stereocenters. The molecule has 2 amide bonds. The highest BCUT2D eigenvalue weighted by Crippen LogP contribution is 2.38. The average Bonchev–Trinajstić information content (AvgIpc) is 3.19. The Morgan fingerprint density at radius 2 is 1.87 bits per heavy atom. The van der Waals surface area contributed by atoms with E-state index in [2.05, 4.69) is 36.4 Å². The van der Waals surface area contributed by atoms with Gasteiger partial charge in [-0.15, -0.1) is 0 Å². The summed E-state index contributed by atoms with van der Waals surface area (Å²) in [5, 5.41) is 6.09. The van der Waals surface area contributed by atoms with Crippen LogP contribution in [-0.2, 0) is 6.42 Å². The first kappa shape index (κ1) is 27.1. The second-order valence-electron chi connectivity index (χ2n) is 10.2. The number of ether oxygens (including phenoxy) is 1. The lowest BCUT2D eigenvalue weighted by atomic mass is 9.96. The molecule has 2 N–H and O–H groups in total. The molecule has 9 heteroatoms. The number of rotatable bonds is 8. The first-order valence-electron chi connectivity index (χ1n) is 13.2. The van der Waals surface area contributed by atoms with Crippen molar-refractivity contribution in [2.75, 3.05) is 18.6 Å². The lowest BCUT2D eigenvalue weighted by Gasteiger charge is -2.40. The molecule has 2 fully saturated rings. The summed E-state index contributed by atoms with van der Waals surface area (Å²) in [6.07, 6.45) is 5.80. The van der Waals surface area contributed by atoms with Crippen molar-refractivity contribution in [2.24, 2.45) is 0 Å². The number of fused-ring (bicyclic) bond motifs is 2. The van der Waals surface area contributed by atoms with Crippen molar-refractivity contribution in [1.29, 1.82) is 0 Å². The number of pyridine rings is 1. The van der Waals surface area contributed by atoms with E-state index in [0.717, 1.165) is 37.1 Å². The first-order valence-corrected chi connectivity index (χ1v) is 14.0. The standard InChI is InChI=1S/C30H32BrFN4O3/c1-18-25(4-3-5-27(18)39-2)30(38)35-22-15-23-9-10-24(16-22)36(23)28-11-7-20(17-34-28)29(37)33-13-12-19-6-8-21(31)14-26(19)32/h3-8,11,14,17,22-24H,9-10,12-13,15-16H2,1-2H3,(H,33,37)(H,35,38). The summed E-state index contributed by atoms with van der Waals surface area (Å²) in [5.41, 5.74) is 2.51. The molecule has 204 valence electrons. The van der Waals surface area contributed by atoms with Crippen LogP contribution in [0.5, 0.6) is 5.75 Å². The third kappa shape index (κ3) is 5.93. The van der Waals surface area contributed by atoms with E-state index in [1.165, 1.54) is 6.07 Å². The van der Waals surface area contributed by atoms with Gasteiger partial charge in [0.05, 0.1) is 12.7 Å². The van der Waals surface area contributed by atoms with Crippen molar-refractivity contribution in [3.05, 3.63) is 87.3 Å². The first-order chi connectivity index (χ1) is 18.8. The molecule has 2 bridgehead atoms. The fourth-order valence-corrected chi connectivity index (χ4v) is 6.16. The SMILES string of the molecule is COc1cccc(C(=O)NC2CC3CCC(C2)N3c2ccc(C(=O)NCCc3ccc(Br)cc3F)cn2)c1C. The summed E-state index contributed by atoms with van der Waals surface area (Å²) in [4.78, 5) is 32.6. The maximum Gasteiger partial charge on any atom is 0.252 e. The Morgan fingerprint density at radius 3 is 2.54 bits per heavy atom. The third-order valence-electron chi connectivity index (χ3n) is 7.79. The maximum atomic E-state index is 14.0. The zero-order chi connectivity index (χ0) is 27.5. The number of hydrogen-bond acceptors (Lipinski definition) is 5. The van der Waals surface area contributed by atoms with Gasteiger partial charge in [-0.2, -0.15) is 0 Å². The monoisotopic (exact) mass is 594 g/mol. The van der Waals surface area contributed by atoms with Gasteiger partial charge in [0.2, 0.25) is 0 Å². The van der Waals surface area contributed by atoms with Crippen LogP contribution in [0.25, 0.3) is 0 Å². The number of amides is 2. The van der Waals surface area contributed by atoms with Gasteiger partial charge in [0.15, 0.2) is 0 Å². The highest BCUT2D eigenvalue weighted by atomic mass is 79.9. The second-order valence-corrected chi connectivity index (χ2v) is 11.1. The summed E-state index contributed by atoms with van der Waals surface area (Å²) in [6.45, 7) is 2.23. The molecule has 0 spiro atoms. The Hall–Kier alpha value is -3.46. The summed E-state index contributed by atoms with van der Waals surface area (Å²) in [7, 11) is 1.61. The van der Waals surface area contributed by atoms with Gasteiger partial charge in [-0.1, -0.05) is 28.1 Å². The minimum absolute atomic E-state index is 0.0689. The van der Waals surface area contributed by atoms with Crippen LogP contribution in [0, 0.1) is 12.7 Å². The third-order valence-corrected chi connectivity index (χ3v) is 8.28. The zero-order valence-corrected chi connectivity index (χ0v) is 23.6. The Kier molecular flexibility index (Phi) is 8.16. The topological polar surface area (TPSA) is 83.6 Å². The lowest BCUT2D eigenvalue weighted by Crippen LogP contribution is -2.50. The number of hydrogen-bond donors (Lipinski definition) is 2. The van der Waals surface area contributed by atoms with E-state index >= 15 is 0 Å². The van der Waals surface area contributed by atoms with E-state index in [9.17, 15) is 14.0 Å². The van der Waals surface area contributed by atoms with Crippen LogP contribution in [0.4, 0.5) is 10.2 Å². The van der Waals surface area contributed by atoms with Crippen molar-refractivity contribution in [3.8, 4) is 5.75 Å². The number of nitrogens with one attached hydrogen (secondary N) is 2. The van der Waals surface area contributed by atoms with Gasteiger partial charge >= 0.3 is 0 Å². The van der Waals surface area contributed by atoms with Crippen LogP contribution in [-0.4, -0.2) is 48.6 Å². The Bertz CT molecular complexity index is 1350. The predicted molar refractivity (Wildman–Crippen MR) is 152 cm³/mol. The fourth-order valence-electron chi connectivity index (χ4n) is 5.82. The van der Waals surface area contributed by atoms with Crippen molar-refractivity contribution in [2.45, 2.75) is 57.2 Å². The summed E-state index contributed by atoms with van der Waals surface area (Å²) in [6, 6.07) is 14.8. The van der Waals surface area contributed by atoms with E-state index in [1.54, 1.807) is 31.5 Å². The van der Waals surface area contributed by atoms with Crippen LogP contribution >= 0.6 is 15.9 Å².